The number of aliphatic carboxylic acids is 1. The summed E-state index contributed by atoms with van der Waals surface area (Å²) in [4.78, 5) is 23.7. The molecule has 0 aliphatic carbocycles. The van der Waals surface area contributed by atoms with Gasteiger partial charge in [0, 0.05) is 23.6 Å². The zero-order chi connectivity index (χ0) is 14.8. The van der Waals surface area contributed by atoms with Crippen LogP contribution in [0.5, 0.6) is 0 Å². The van der Waals surface area contributed by atoms with Crippen LogP contribution in [-0.2, 0) is 9.59 Å². The highest BCUT2D eigenvalue weighted by molar-refractivity contribution is 7.99. The van der Waals surface area contributed by atoms with Crippen LogP contribution in [0.25, 0.3) is 0 Å². The molecule has 0 aliphatic rings. The van der Waals surface area contributed by atoms with Crippen molar-refractivity contribution in [3.63, 3.8) is 0 Å². The number of carboxylic acids is 1. The van der Waals surface area contributed by atoms with Gasteiger partial charge in [0.25, 0.3) is 0 Å². The van der Waals surface area contributed by atoms with Crippen molar-refractivity contribution < 1.29 is 14.7 Å². The normalized spacial score (nSPS) is 11.8. The number of carboxylic acid groups (broad SMARTS) is 1. The summed E-state index contributed by atoms with van der Waals surface area (Å²) in [5, 5.41) is 11.7. The van der Waals surface area contributed by atoms with Crippen molar-refractivity contribution in [2.75, 3.05) is 12.3 Å². The molecule has 1 aromatic rings. The fraction of sp³-hybridized carbons (Fsp3) is 0.467. The number of amides is 1. The average molecular weight is 295 g/mol. The van der Waals surface area contributed by atoms with Gasteiger partial charge in [0.15, 0.2) is 0 Å². The highest BCUT2D eigenvalue weighted by Crippen LogP contribution is 2.17. The number of rotatable bonds is 9. The number of hydrogen-bond donors (Lipinski definition) is 2. The Morgan fingerprint density at radius 1 is 1.30 bits per heavy atom. The van der Waals surface area contributed by atoms with E-state index < -0.39 is 11.9 Å². The van der Waals surface area contributed by atoms with E-state index >= 15 is 0 Å². The molecule has 0 spiro atoms. The summed E-state index contributed by atoms with van der Waals surface area (Å²) in [5.74, 6) is -0.714. The maximum Gasteiger partial charge on any atom is 0.308 e. The van der Waals surface area contributed by atoms with E-state index in [0.29, 0.717) is 18.6 Å². The van der Waals surface area contributed by atoms with Crippen LogP contribution in [0.1, 0.15) is 26.2 Å². The van der Waals surface area contributed by atoms with Crippen molar-refractivity contribution >= 4 is 23.6 Å². The van der Waals surface area contributed by atoms with E-state index in [1.54, 1.807) is 11.8 Å². The molecular weight excluding hydrogens is 274 g/mol. The molecule has 0 bridgehead atoms. The van der Waals surface area contributed by atoms with Crippen molar-refractivity contribution in [2.45, 2.75) is 31.1 Å². The van der Waals surface area contributed by atoms with Crippen LogP contribution in [-0.4, -0.2) is 29.3 Å². The number of hydrogen-bond acceptors (Lipinski definition) is 3. The lowest BCUT2D eigenvalue weighted by molar-refractivity contribution is -0.141. The first-order chi connectivity index (χ1) is 9.63. The van der Waals surface area contributed by atoms with Crippen LogP contribution in [0.3, 0.4) is 0 Å². The molecule has 0 saturated carbocycles. The van der Waals surface area contributed by atoms with Gasteiger partial charge in [-0.05, 0) is 18.6 Å². The van der Waals surface area contributed by atoms with Gasteiger partial charge >= 0.3 is 5.97 Å². The van der Waals surface area contributed by atoms with E-state index in [2.05, 4.69) is 5.32 Å². The highest BCUT2D eigenvalue weighted by atomic mass is 32.2. The zero-order valence-electron chi connectivity index (χ0n) is 11.7. The summed E-state index contributed by atoms with van der Waals surface area (Å²) in [6, 6.07) is 9.89. The van der Waals surface area contributed by atoms with Crippen LogP contribution in [0, 0.1) is 5.92 Å². The summed E-state index contributed by atoms with van der Waals surface area (Å²) in [6.45, 7) is 2.16. The molecule has 110 valence electrons. The molecule has 20 heavy (non-hydrogen) atoms. The Morgan fingerprint density at radius 2 is 2.00 bits per heavy atom. The van der Waals surface area contributed by atoms with Crippen LogP contribution in [0.4, 0.5) is 0 Å². The maximum atomic E-state index is 11.6. The molecule has 1 aromatic carbocycles. The summed E-state index contributed by atoms with van der Waals surface area (Å²) in [5.41, 5.74) is 0. The van der Waals surface area contributed by atoms with Crippen LogP contribution in [0.15, 0.2) is 35.2 Å². The van der Waals surface area contributed by atoms with E-state index in [0.717, 1.165) is 11.3 Å². The summed E-state index contributed by atoms with van der Waals surface area (Å²) < 4.78 is 0. The minimum atomic E-state index is -0.842. The van der Waals surface area contributed by atoms with Gasteiger partial charge in [-0.25, -0.2) is 0 Å². The molecule has 1 atom stereocenters. The van der Waals surface area contributed by atoms with Crippen LogP contribution in [0.2, 0.25) is 0 Å². The number of carbonyl (C=O) groups is 2. The smallest absolute Gasteiger partial charge is 0.308 e. The minimum Gasteiger partial charge on any atom is -0.481 e. The van der Waals surface area contributed by atoms with Gasteiger partial charge in [-0.1, -0.05) is 31.5 Å². The van der Waals surface area contributed by atoms with Gasteiger partial charge < -0.3 is 10.4 Å². The molecule has 5 heteroatoms. The van der Waals surface area contributed by atoms with E-state index in [1.807, 2.05) is 37.3 Å². The minimum absolute atomic E-state index is 0.0872. The first-order valence-electron chi connectivity index (χ1n) is 6.80. The monoisotopic (exact) mass is 295 g/mol. The lowest BCUT2D eigenvalue weighted by atomic mass is 10.0. The van der Waals surface area contributed by atoms with Gasteiger partial charge in [-0.2, -0.15) is 0 Å². The van der Waals surface area contributed by atoms with Crippen molar-refractivity contribution in [1.29, 1.82) is 0 Å². The van der Waals surface area contributed by atoms with Gasteiger partial charge in [0.05, 0.1) is 5.92 Å². The number of benzene rings is 1. The molecule has 0 aliphatic heterocycles. The quantitative estimate of drug-likeness (QED) is 0.688. The lowest BCUT2D eigenvalue weighted by Crippen LogP contribution is -2.33. The molecule has 4 nitrogen and oxygen atoms in total. The van der Waals surface area contributed by atoms with Gasteiger partial charge in [0.2, 0.25) is 5.91 Å². The molecule has 0 radical (unpaired) electrons. The van der Waals surface area contributed by atoms with E-state index in [4.69, 9.17) is 5.11 Å². The fourth-order valence-corrected chi connectivity index (χ4v) is 2.64. The van der Waals surface area contributed by atoms with Crippen molar-refractivity contribution in [3.05, 3.63) is 30.3 Å². The largest absolute Gasteiger partial charge is 0.481 e. The maximum absolute atomic E-state index is 11.6. The second kappa shape index (κ2) is 9.42. The number of thioether (sulfide) groups is 1. The molecule has 0 saturated heterocycles. The third kappa shape index (κ3) is 6.61. The Morgan fingerprint density at radius 3 is 2.60 bits per heavy atom. The molecule has 1 unspecified atom stereocenters. The standard InChI is InChI=1S/C15H21NO3S/c1-2-6-12(15(18)19)11-16-14(17)9-10-20-13-7-4-3-5-8-13/h3-5,7-8,12H,2,6,9-11H2,1H3,(H,16,17)(H,18,19). The molecule has 0 aromatic heterocycles. The highest BCUT2D eigenvalue weighted by Gasteiger charge is 2.16. The Balaban J connectivity index is 2.21. The summed E-state index contributed by atoms with van der Waals surface area (Å²) in [7, 11) is 0. The Hall–Kier alpha value is -1.49. The zero-order valence-corrected chi connectivity index (χ0v) is 12.5. The van der Waals surface area contributed by atoms with Crippen molar-refractivity contribution in [2.24, 2.45) is 5.92 Å². The SMILES string of the molecule is CCCC(CNC(=O)CCSc1ccccc1)C(=O)O. The second-order valence-electron chi connectivity index (χ2n) is 4.54. The van der Waals surface area contributed by atoms with Gasteiger partial charge in [-0.3, -0.25) is 9.59 Å². The summed E-state index contributed by atoms with van der Waals surface area (Å²) in [6.07, 6.45) is 1.79. The van der Waals surface area contributed by atoms with E-state index in [-0.39, 0.29) is 12.5 Å². The number of carbonyl (C=O) groups excluding carboxylic acids is 1. The summed E-state index contributed by atoms with van der Waals surface area (Å²) >= 11 is 1.62. The first-order valence-corrected chi connectivity index (χ1v) is 7.79. The van der Waals surface area contributed by atoms with Gasteiger partial charge in [-0.15, -0.1) is 11.8 Å². The third-order valence-electron chi connectivity index (χ3n) is 2.87. The molecule has 0 heterocycles. The Kier molecular flexibility index (Phi) is 7.80. The predicted molar refractivity (Wildman–Crippen MR) is 80.8 cm³/mol. The van der Waals surface area contributed by atoms with Crippen LogP contribution >= 0.6 is 11.8 Å². The predicted octanol–water partition coefficient (Wildman–Crippen LogP) is 2.79. The lowest BCUT2D eigenvalue weighted by Gasteiger charge is -2.12. The molecule has 2 N–H and O–H groups in total. The third-order valence-corrected chi connectivity index (χ3v) is 3.89. The van der Waals surface area contributed by atoms with E-state index in [9.17, 15) is 9.59 Å². The van der Waals surface area contributed by atoms with Crippen molar-refractivity contribution in [3.8, 4) is 0 Å². The van der Waals surface area contributed by atoms with Crippen LogP contribution < -0.4 is 5.32 Å². The molecular formula is C15H21NO3S. The topological polar surface area (TPSA) is 66.4 Å². The Labute approximate surface area is 124 Å². The second-order valence-corrected chi connectivity index (χ2v) is 5.71. The molecule has 1 amide bonds. The fourth-order valence-electron chi connectivity index (χ4n) is 1.77. The molecule has 1 rings (SSSR count). The van der Waals surface area contributed by atoms with E-state index in [1.165, 1.54) is 0 Å². The van der Waals surface area contributed by atoms with Crippen molar-refractivity contribution in [1.82, 2.24) is 5.32 Å². The first kappa shape index (κ1) is 16.6. The average Bonchev–Trinajstić information content (AvgIpc) is 2.44. The Bertz CT molecular complexity index is 422. The molecule has 0 fully saturated rings. The van der Waals surface area contributed by atoms with Gasteiger partial charge in [0.1, 0.15) is 0 Å². The number of nitrogens with one attached hydrogen (secondary N) is 1.